The number of hydrogen-bond donors (Lipinski definition) is 0. The van der Waals surface area contributed by atoms with Crippen LogP contribution in [0.1, 0.15) is 24.2 Å². The summed E-state index contributed by atoms with van der Waals surface area (Å²) in [5.41, 5.74) is 1.26. The van der Waals surface area contributed by atoms with Gasteiger partial charge in [-0.3, -0.25) is 14.8 Å². The summed E-state index contributed by atoms with van der Waals surface area (Å²) in [5.74, 6) is -0.603. The number of aldehydes is 1. The minimum absolute atomic E-state index is 0.00180. The van der Waals surface area contributed by atoms with E-state index in [4.69, 9.17) is 9.26 Å². The second kappa shape index (κ2) is 6.45. The largest absolute Gasteiger partial charge is 0.372 e. The molecular weight excluding hydrogens is 339 g/mol. The average molecular weight is 356 g/mol. The Kier molecular flexibility index (Phi) is 4.12. The molecule has 0 N–H and O–H groups in total. The van der Waals surface area contributed by atoms with Crippen molar-refractivity contribution in [2.75, 3.05) is 18.0 Å². The fraction of sp³-hybridized carbons (Fsp3) is 0.333. The van der Waals surface area contributed by atoms with E-state index in [1.165, 1.54) is 18.6 Å². The van der Waals surface area contributed by atoms with E-state index in [0.29, 0.717) is 36.1 Å². The number of carbonyl (C=O) groups is 1. The molecule has 7 nitrogen and oxygen atoms in total. The van der Waals surface area contributed by atoms with Crippen LogP contribution in [0.25, 0.3) is 22.4 Å². The Hall–Kier alpha value is -2.87. The zero-order valence-corrected chi connectivity index (χ0v) is 14.3. The summed E-state index contributed by atoms with van der Waals surface area (Å²) in [7, 11) is 0. The molecule has 0 unspecified atom stereocenters. The highest BCUT2D eigenvalue weighted by Gasteiger charge is 2.29. The Morgan fingerprint density at radius 1 is 1.27 bits per heavy atom. The SMILES string of the molecule is C[C@@H]1CN(c2c(C=O)cc3c(-c4cnccn4)noc3c2F)C[C@@H](C)O1. The number of anilines is 1. The van der Waals surface area contributed by atoms with Crippen molar-refractivity contribution in [1.82, 2.24) is 15.1 Å². The van der Waals surface area contributed by atoms with Gasteiger partial charge in [-0.15, -0.1) is 0 Å². The van der Waals surface area contributed by atoms with Gasteiger partial charge in [0.2, 0.25) is 5.58 Å². The zero-order valence-electron chi connectivity index (χ0n) is 14.3. The molecule has 26 heavy (non-hydrogen) atoms. The highest BCUT2D eigenvalue weighted by Crippen LogP contribution is 2.36. The number of fused-ring (bicyclic) bond motifs is 1. The van der Waals surface area contributed by atoms with Crippen molar-refractivity contribution >= 4 is 22.9 Å². The molecule has 1 aliphatic rings. The van der Waals surface area contributed by atoms with Gasteiger partial charge in [0.25, 0.3) is 0 Å². The molecule has 0 aliphatic carbocycles. The van der Waals surface area contributed by atoms with Crippen LogP contribution in [0.2, 0.25) is 0 Å². The Morgan fingerprint density at radius 2 is 2.04 bits per heavy atom. The Bertz CT molecular complexity index is 950. The van der Waals surface area contributed by atoms with Crippen LogP contribution in [0.4, 0.5) is 10.1 Å². The number of halogens is 1. The van der Waals surface area contributed by atoms with Crippen LogP contribution in [0, 0.1) is 5.82 Å². The van der Waals surface area contributed by atoms with Crippen molar-refractivity contribution in [1.29, 1.82) is 0 Å². The Labute approximate surface area is 148 Å². The van der Waals surface area contributed by atoms with E-state index in [9.17, 15) is 4.79 Å². The van der Waals surface area contributed by atoms with Gasteiger partial charge >= 0.3 is 0 Å². The summed E-state index contributed by atoms with van der Waals surface area (Å²) in [6, 6.07) is 1.59. The summed E-state index contributed by atoms with van der Waals surface area (Å²) in [5, 5.41) is 4.33. The minimum Gasteiger partial charge on any atom is -0.372 e. The van der Waals surface area contributed by atoms with E-state index < -0.39 is 5.82 Å². The van der Waals surface area contributed by atoms with E-state index in [1.54, 1.807) is 6.07 Å². The van der Waals surface area contributed by atoms with Crippen molar-refractivity contribution in [3.8, 4) is 11.4 Å². The van der Waals surface area contributed by atoms with Gasteiger partial charge in [0.1, 0.15) is 11.4 Å². The maximum Gasteiger partial charge on any atom is 0.205 e. The first-order chi connectivity index (χ1) is 12.6. The van der Waals surface area contributed by atoms with E-state index in [1.807, 2.05) is 18.7 Å². The van der Waals surface area contributed by atoms with Crippen LogP contribution in [-0.4, -0.2) is 46.7 Å². The molecule has 134 valence electrons. The second-order valence-electron chi connectivity index (χ2n) is 6.41. The predicted octanol–water partition coefficient (Wildman–Crippen LogP) is 2.85. The summed E-state index contributed by atoms with van der Waals surface area (Å²) in [6.07, 6.45) is 5.06. The lowest BCUT2D eigenvalue weighted by molar-refractivity contribution is -0.00543. The maximum atomic E-state index is 15.3. The summed E-state index contributed by atoms with van der Waals surface area (Å²) in [4.78, 5) is 21.7. The normalized spacial score (nSPS) is 20.5. The van der Waals surface area contributed by atoms with Crippen molar-refractivity contribution < 1.29 is 18.4 Å². The topological polar surface area (TPSA) is 81.4 Å². The molecule has 2 aromatic heterocycles. The molecule has 3 aromatic rings. The van der Waals surface area contributed by atoms with Gasteiger partial charge in [0, 0.05) is 31.0 Å². The molecule has 0 spiro atoms. The van der Waals surface area contributed by atoms with E-state index in [0.717, 1.165) is 0 Å². The van der Waals surface area contributed by atoms with Crippen molar-refractivity contribution in [3.63, 3.8) is 0 Å². The third kappa shape index (κ3) is 2.72. The monoisotopic (exact) mass is 356 g/mol. The molecule has 8 heteroatoms. The third-order valence-electron chi connectivity index (χ3n) is 4.38. The van der Waals surface area contributed by atoms with Gasteiger partial charge in [0.05, 0.1) is 29.5 Å². The summed E-state index contributed by atoms with van der Waals surface area (Å²) >= 11 is 0. The molecule has 1 aliphatic heterocycles. The third-order valence-corrected chi connectivity index (χ3v) is 4.38. The molecule has 1 saturated heterocycles. The van der Waals surface area contributed by atoms with Crippen molar-refractivity contribution in [2.45, 2.75) is 26.1 Å². The van der Waals surface area contributed by atoms with Gasteiger partial charge < -0.3 is 14.2 Å². The van der Waals surface area contributed by atoms with Crippen molar-refractivity contribution in [2.24, 2.45) is 0 Å². The van der Waals surface area contributed by atoms with Crippen LogP contribution in [0.5, 0.6) is 0 Å². The van der Waals surface area contributed by atoms with Crippen LogP contribution >= 0.6 is 0 Å². The molecule has 3 heterocycles. The number of aromatic nitrogens is 3. The molecule has 0 saturated carbocycles. The van der Waals surface area contributed by atoms with E-state index in [2.05, 4.69) is 15.1 Å². The van der Waals surface area contributed by atoms with E-state index in [-0.39, 0.29) is 29.0 Å². The predicted molar refractivity (Wildman–Crippen MR) is 92.6 cm³/mol. The highest BCUT2D eigenvalue weighted by molar-refractivity contribution is 5.99. The maximum absolute atomic E-state index is 15.3. The van der Waals surface area contributed by atoms with Crippen LogP contribution in [0.3, 0.4) is 0 Å². The number of carbonyl (C=O) groups excluding carboxylic acids is 1. The molecule has 1 aromatic carbocycles. The fourth-order valence-corrected chi connectivity index (χ4v) is 3.43. The number of morpholine rings is 1. The molecule has 4 rings (SSSR count). The molecule has 2 atom stereocenters. The summed E-state index contributed by atoms with van der Waals surface area (Å²) < 4.78 is 26.2. The Morgan fingerprint density at radius 3 is 2.69 bits per heavy atom. The van der Waals surface area contributed by atoms with Crippen LogP contribution < -0.4 is 4.90 Å². The van der Waals surface area contributed by atoms with Gasteiger partial charge in [-0.1, -0.05) is 5.16 Å². The van der Waals surface area contributed by atoms with Gasteiger partial charge in [0.15, 0.2) is 12.1 Å². The number of nitrogens with zero attached hydrogens (tertiary/aromatic N) is 4. The lowest BCUT2D eigenvalue weighted by Crippen LogP contribution is -2.46. The Balaban J connectivity index is 1.88. The first kappa shape index (κ1) is 16.6. The van der Waals surface area contributed by atoms with Crippen LogP contribution in [0.15, 0.2) is 29.2 Å². The standard InChI is InChI=1S/C18H17FN4O3/c1-10-7-23(8-11(2)25-10)17-12(9-24)5-13-16(14-6-20-3-4-21-14)22-26-18(13)15(17)19/h3-6,9-11H,7-8H2,1-2H3/t10-,11-/m1/s1. The molecule has 0 bridgehead atoms. The van der Waals surface area contributed by atoms with Crippen LogP contribution in [-0.2, 0) is 4.74 Å². The van der Waals surface area contributed by atoms with Crippen molar-refractivity contribution in [3.05, 3.63) is 36.0 Å². The first-order valence-electron chi connectivity index (χ1n) is 8.32. The number of ether oxygens (including phenoxy) is 1. The first-order valence-corrected chi connectivity index (χ1v) is 8.32. The average Bonchev–Trinajstić information content (AvgIpc) is 3.05. The summed E-state index contributed by atoms with van der Waals surface area (Å²) in [6.45, 7) is 4.80. The van der Waals surface area contributed by atoms with Gasteiger partial charge in [-0.2, -0.15) is 0 Å². The van der Waals surface area contributed by atoms with Gasteiger partial charge in [-0.25, -0.2) is 4.39 Å². The number of hydrogen-bond acceptors (Lipinski definition) is 7. The zero-order chi connectivity index (χ0) is 18.3. The number of rotatable bonds is 3. The molecule has 0 amide bonds. The smallest absolute Gasteiger partial charge is 0.205 e. The van der Waals surface area contributed by atoms with Gasteiger partial charge in [-0.05, 0) is 19.9 Å². The lowest BCUT2D eigenvalue weighted by atomic mass is 10.0. The quantitative estimate of drug-likeness (QED) is 0.668. The second-order valence-corrected chi connectivity index (χ2v) is 6.41. The molecule has 1 fully saturated rings. The number of benzene rings is 1. The lowest BCUT2D eigenvalue weighted by Gasteiger charge is -2.37. The highest BCUT2D eigenvalue weighted by atomic mass is 19.1. The molecular formula is C18H17FN4O3. The van der Waals surface area contributed by atoms with E-state index >= 15 is 4.39 Å². The minimum atomic E-state index is -0.603. The molecule has 0 radical (unpaired) electrons. The fourth-order valence-electron chi connectivity index (χ4n) is 3.43.